The Balaban J connectivity index is 1.19. The molecule has 1 aromatic heterocycles. The number of fused-ring (bicyclic) bond motifs is 2. The van der Waals surface area contributed by atoms with Crippen molar-refractivity contribution in [3.8, 4) is 16.7 Å². The molecule has 1 aliphatic carbocycles. The lowest BCUT2D eigenvalue weighted by atomic mass is 9.92. The normalized spacial score (nSPS) is 19.6. The van der Waals surface area contributed by atoms with E-state index in [0.717, 1.165) is 70.6 Å². The lowest BCUT2D eigenvalue weighted by Gasteiger charge is -2.32. The second kappa shape index (κ2) is 12.4. The van der Waals surface area contributed by atoms with E-state index in [-0.39, 0.29) is 24.6 Å². The van der Waals surface area contributed by atoms with Crippen molar-refractivity contribution in [2.75, 3.05) is 20.3 Å². The number of rotatable bonds is 11. The van der Waals surface area contributed by atoms with Gasteiger partial charge in [-0.05, 0) is 86.4 Å². The van der Waals surface area contributed by atoms with E-state index in [1.165, 1.54) is 11.3 Å². The van der Waals surface area contributed by atoms with E-state index < -0.39 is 0 Å². The number of hydrogen-bond acceptors (Lipinski definition) is 7. The van der Waals surface area contributed by atoms with Crippen LogP contribution in [-0.2, 0) is 11.3 Å². The van der Waals surface area contributed by atoms with E-state index in [9.17, 15) is 4.79 Å². The lowest BCUT2D eigenvalue weighted by Crippen LogP contribution is -2.44. The number of hydrogen-bond donors (Lipinski definition) is 1. The number of aromatic nitrogens is 1. The zero-order valence-electron chi connectivity index (χ0n) is 24.0. The number of ether oxygens (including phenoxy) is 3. The van der Waals surface area contributed by atoms with E-state index in [1.807, 2.05) is 37.4 Å². The summed E-state index contributed by atoms with van der Waals surface area (Å²) in [6.07, 6.45) is 6.76. The lowest BCUT2D eigenvalue weighted by molar-refractivity contribution is -0.128. The molecule has 7 nitrogen and oxygen atoms in total. The van der Waals surface area contributed by atoms with Gasteiger partial charge in [0.05, 0.1) is 22.0 Å². The van der Waals surface area contributed by atoms with Crippen LogP contribution in [0.25, 0.3) is 5.57 Å². The first-order chi connectivity index (χ1) is 20.3. The second-order valence-electron chi connectivity index (χ2n) is 11.2. The van der Waals surface area contributed by atoms with Gasteiger partial charge in [0.25, 0.3) is 11.1 Å². The standard InChI is InChI=1S/C32H35Cl2N3O4S/c1-18-13-24(33)30(25(34)14-18)40-11-12-41-32-35-16-28(42-32)23-15-21-7-10-26(36-21)29(23)31(38)37(22-8-9-22)17-20-5-4-6-27(39-3)19(20)2/h4-6,13-14,16,21-22,26,36H,7-12,15,17H2,1-3H3/t21-,26+/m0/s1. The molecule has 1 N–H and O–H groups in total. The van der Waals surface area contributed by atoms with Crippen molar-refractivity contribution in [1.82, 2.24) is 15.2 Å². The van der Waals surface area contributed by atoms with E-state index >= 15 is 0 Å². The van der Waals surface area contributed by atoms with Crippen molar-refractivity contribution in [2.45, 2.75) is 70.6 Å². The summed E-state index contributed by atoms with van der Waals surface area (Å²) >= 11 is 14.1. The number of halogens is 2. The molecule has 2 bridgehead atoms. The summed E-state index contributed by atoms with van der Waals surface area (Å²) in [7, 11) is 1.69. The van der Waals surface area contributed by atoms with Gasteiger partial charge >= 0.3 is 0 Å². The van der Waals surface area contributed by atoms with Crippen molar-refractivity contribution in [2.24, 2.45) is 0 Å². The second-order valence-corrected chi connectivity index (χ2v) is 13.1. The third-order valence-corrected chi connectivity index (χ3v) is 9.81. The largest absolute Gasteiger partial charge is 0.496 e. The summed E-state index contributed by atoms with van der Waals surface area (Å²) in [5, 5.41) is 5.19. The Morgan fingerprint density at radius 1 is 1.10 bits per heavy atom. The molecule has 222 valence electrons. The van der Waals surface area contributed by atoms with Crippen LogP contribution in [0.5, 0.6) is 16.7 Å². The van der Waals surface area contributed by atoms with Crippen molar-refractivity contribution in [3.63, 3.8) is 0 Å². The number of thiazole rings is 1. The van der Waals surface area contributed by atoms with Crippen LogP contribution in [0.1, 0.15) is 53.7 Å². The molecule has 1 amide bonds. The van der Waals surface area contributed by atoms with E-state index in [4.69, 9.17) is 37.4 Å². The maximum atomic E-state index is 14.4. The average Bonchev–Trinajstić information content (AvgIpc) is 3.58. The van der Waals surface area contributed by atoms with Gasteiger partial charge in [0.2, 0.25) is 0 Å². The average molecular weight is 629 g/mol. The molecule has 6 rings (SSSR count). The fourth-order valence-corrected chi connectivity index (χ4v) is 7.55. The van der Waals surface area contributed by atoms with Crippen LogP contribution in [0.2, 0.25) is 10.0 Å². The first-order valence-corrected chi connectivity index (χ1v) is 16.0. The Hall–Kier alpha value is -2.78. The van der Waals surface area contributed by atoms with Crippen LogP contribution in [-0.4, -0.2) is 54.2 Å². The van der Waals surface area contributed by atoms with Crippen LogP contribution in [0.15, 0.2) is 42.1 Å². The molecule has 3 aromatic rings. The number of carbonyl (C=O) groups excluding carboxylic acids is 1. The number of nitrogens with zero attached hydrogens (tertiary/aromatic N) is 2. The SMILES string of the molecule is COc1cccc(CN(C(=O)C2=C(c3cnc(OCCOc4c(Cl)cc(C)cc4Cl)s3)C[C@@H]3CC[C@H]2N3)C2CC2)c1C. The fraction of sp³-hybridized carbons (Fsp3) is 0.438. The molecule has 0 radical (unpaired) electrons. The molecule has 2 aromatic carbocycles. The fourth-order valence-electron chi connectivity index (χ4n) is 5.99. The molecule has 0 unspecified atom stereocenters. The number of methoxy groups -OCH3 is 1. The minimum Gasteiger partial charge on any atom is -0.496 e. The van der Waals surface area contributed by atoms with Crippen LogP contribution in [0, 0.1) is 13.8 Å². The van der Waals surface area contributed by atoms with Gasteiger partial charge in [0, 0.05) is 36.4 Å². The monoisotopic (exact) mass is 627 g/mol. The zero-order chi connectivity index (χ0) is 29.4. The minimum atomic E-state index is 0.0581. The summed E-state index contributed by atoms with van der Waals surface area (Å²) in [5.41, 5.74) is 5.15. The molecular formula is C32H35Cl2N3O4S. The van der Waals surface area contributed by atoms with Gasteiger partial charge in [-0.15, -0.1) is 0 Å². The van der Waals surface area contributed by atoms with Gasteiger partial charge < -0.3 is 24.4 Å². The predicted octanol–water partition coefficient (Wildman–Crippen LogP) is 7.00. The zero-order valence-corrected chi connectivity index (χ0v) is 26.4. The Morgan fingerprint density at radius 3 is 2.60 bits per heavy atom. The Kier molecular flexibility index (Phi) is 8.68. The predicted molar refractivity (Wildman–Crippen MR) is 167 cm³/mol. The minimum absolute atomic E-state index is 0.0581. The summed E-state index contributed by atoms with van der Waals surface area (Å²) in [6.45, 7) is 5.13. The topological polar surface area (TPSA) is 72.9 Å². The van der Waals surface area contributed by atoms with Crippen molar-refractivity contribution >= 4 is 46.0 Å². The maximum Gasteiger partial charge on any atom is 0.273 e. The summed E-state index contributed by atoms with van der Waals surface area (Å²) < 4.78 is 17.3. The van der Waals surface area contributed by atoms with Gasteiger partial charge in [0.15, 0.2) is 5.75 Å². The molecule has 2 atom stereocenters. The third kappa shape index (κ3) is 6.13. The van der Waals surface area contributed by atoms with Crippen molar-refractivity contribution in [3.05, 3.63) is 73.7 Å². The highest BCUT2D eigenvalue weighted by Crippen LogP contribution is 2.42. The quantitative estimate of drug-likeness (QED) is 0.231. The summed E-state index contributed by atoms with van der Waals surface area (Å²) in [4.78, 5) is 22.0. The smallest absolute Gasteiger partial charge is 0.273 e. The molecule has 2 aliphatic heterocycles. The Morgan fingerprint density at radius 2 is 1.86 bits per heavy atom. The van der Waals surface area contributed by atoms with Crippen LogP contribution in [0.3, 0.4) is 0 Å². The molecule has 1 saturated carbocycles. The van der Waals surface area contributed by atoms with Gasteiger partial charge in [-0.2, -0.15) is 0 Å². The maximum absolute atomic E-state index is 14.4. The number of amides is 1. The van der Waals surface area contributed by atoms with E-state index in [2.05, 4.69) is 28.2 Å². The van der Waals surface area contributed by atoms with Crippen molar-refractivity contribution in [1.29, 1.82) is 0 Å². The van der Waals surface area contributed by atoms with Crippen molar-refractivity contribution < 1.29 is 19.0 Å². The molecular weight excluding hydrogens is 593 g/mol. The highest BCUT2D eigenvalue weighted by Gasteiger charge is 2.42. The molecule has 3 heterocycles. The van der Waals surface area contributed by atoms with Crippen LogP contribution in [0.4, 0.5) is 0 Å². The molecule has 1 saturated heterocycles. The van der Waals surface area contributed by atoms with Gasteiger partial charge in [-0.25, -0.2) is 4.98 Å². The third-order valence-electron chi connectivity index (χ3n) is 8.28. The Labute approximate surface area is 260 Å². The van der Waals surface area contributed by atoms with Gasteiger partial charge in [0.1, 0.15) is 19.0 Å². The molecule has 10 heteroatoms. The first kappa shape index (κ1) is 29.3. The van der Waals surface area contributed by atoms with Gasteiger partial charge in [-0.1, -0.05) is 46.7 Å². The summed E-state index contributed by atoms with van der Waals surface area (Å²) in [6, 6.07) is 10.4. The van der Waals surface area contributed by atoms with Crippen LogP contribution < -0.4 is 19.5 Å². The van der Waals surface area contributed by atoms with Crippen LogP contribution >= 0.6 is 34.5 Å². The van der Waals surface area contributed by atoms with E-state index in [0.29, 0.717) is 40.2 Å². The molecule has 42 heavy (non-hydrogen) atoms. The highest BCUT2D eigenvalue weighted by atomic mass is 35.5. The molecule has 3 aliphatic rings. The molecule has 2 fully saturated rings. The number of carbonyl (C=O) groups is 1. The van der Waals surface area contributed by atoms with E-state index in [1.54, 1.807) is 7.11 Å². The Bertz CT molecular complexity index is 1500. The molecule has 0 spiro atoms. The number of aryl methyl sites for hydroxylation is 1. The van der Waals surface area contributed by atoms with Gasteiger partial charge in [-0.3, -0.25) is 4.79 Å². The first-order valence-electron chi connectivity index (χ1n) is 14.4. The summed E-state index contributed by atoms with van der Waals surface area (Å²) in [5.74, 6) is 1.43. The highest BCUT2D eigenvalue weighted by molar-refractivity contribution is 7.14. The number of benzene rings is 2. The number of nitrogens with one attached hydrogen (secondary N) is 1.